The predicted octanol–water partition coefficient (Wildman–Crippen LogP) is 2.53. The van der Waals surface area contributed by atoms with E-state index in [4.69, 9.17) is 0 Å². The summed E-state index contributed by atoms with van der Waals surface area (Å²) in [7, 11) is 0. The zero-order chi connectivity index (χ0) is 15.9. The zero-order valence-corrected chi connectivity index (χ0v) is 14.3. The molecule has 1 aliphatic carbocycles. The van der Waals surface area contributed by atoms with Crippen molar-refractivity contribution in [2.24, 2.45) is 23.2 Å². The van der Waals surface area contributed by atoms with Crippen molar-refractivity contribution in [2.45, 2.75) is 52.9 Å². The van der Waals surface area contributed by atoms with E-state index < -0.39 is 0 Å². The van der Waals surface area contributed by atoms with Crippen molar-refractivity contribution < 1.29 is 9.59 Å². The molecule has 4 nitrogen and oxygen atoms in total. The van der Waals surface area contributed by atoms with Crippen LogP contribution in [0.3, 0.4) is 0 Å². The van der Waals surface area contributed by atoms with Crippen molar-refractivity contribution in [1.82, 2.24) is 9.80 Å². The molecule has 2 aliphatic heterocycles. The van der Waals surface area contributed by atoms with Crippen molar-refractivity contribution in [3.63, 3.8) is 0 Å². The largest absolute Gasteiger partial charge is 0.342 e. The third kappa shape index (κ3) is 2.89. The highest BCUT2D eigenvalue weighted by Crippen LogP contribution is 2.41. The van der Waals surface area contributed by atoms with E-state index in [1.54, 1.807) is 0 Å². The van der Waals surface area contributed by atoms with Crippen LogP contribution in [0.2, 0.25) is 0 Å². The smallest absolute Gasteiger partial charge is 0.225 e. The van der Waals surface area contributed by atoms with Crippen molar-refractivity contribution in [2.75, 3.05) is 26.2 Å². The van der Waals surface area contributed by atoms with Crippen LogP contribution in [0.25, 0.3) is 0 Å². The van der Waals surface area contributed by atoms with Gasteiger partial charge in [-0.1, -0.05) is 20.8 Å². The van der Waals surface area contributed by atoms with Gasteiger partial charge in [-0.25, -0.2) is 0 Å². The molecule has 1 spiro atoms. The predicted molar refractivity (Wildman–Crippen MR) is 86.2 cm³/mol. The summed E-state index contributed by atoms with van der Waals surface area (Å²) in [5.74, 6) is 1.78. The van der Waals surface area contributed by atoms with Crippen LogP contribution < -0.4 is 0 Å². The van der Waals surface area contributed by atoms with Gasteiger partial charge in [0.15, 0.2) is 0 Å². The van der Waals surface area contributed by atoms with Gasteiger partial charge in [-0.05, 0) is 38.0 Å². The van der Waals surface area contributed by atoms with Crippen LogP contribution in [0.4, 0.5) is 0 Å². The summed E-state index contributed by atoms with van der Waals surface area (Å²) in [6.45, 7) is 9.70. The van der Waals surface area contributed by atoms with Gasteiger partial charge in [0.05, 0.1) is 0 Å². The van der Waals surface area contributed by atoms with E-state index in [0.717, 1.165) is 51.4 Å². The summed E-state index contributed by atoms with van der Waals surface area (Å²) in [5, 5.41) is 0. The first-order chi connectivity index (χ1) is 10.4. The fourth-order valence-electron chi connectivity index (χ4n) is 4.43. The minimum atomic E-state index is 0.0807. The SMILES string of the molecule is CC1CCC(C(=O)N2CC3(CCN(C(=O)C(C)C)C3)C2)CC1. The highest BCUT2D eigenvalue weighted by atomic mass is 16.2. The first-order valence-corrected chi connectivity index (χ1v) is 8.98. The molecule has 0 aromatic carbocycles. The highest BCUT2D eigenvalue weighted by molar-refractivity contribution is 5.81. The molecule has 0 aromatic heterocycles. The van der Waals surface area contributed by atoms with Crippen LogP contribution in [-0.4, -0.2) is 47.8 Å². The van der Waals surface area contributed by atoms with Crippen molar-refractivity contribution >= 4 is 11.8 Å². The van der Waals surface area contributed by atoms with Crippen molar-refractivity contribution in [3.8, 4) is 0 Å². The number of hydrogen-bond acceptors (Lipinski definition) is 2. The minimum absolute atomic E-state index is 0.0807. The molecule has 2 amide bonds. The molecule has 3 aliphatic rings. The number of amides is 2. The average Bonchev–Trinajstić information content (AvgIpc) is 2.90. The quantitative estimate of drug-likeness (QED) is 0.786. The molecule has 124 valence electrons. The van der Waals surface area contributed by atoms with Gasteiger partial charge in [0, 0.05) is 43.4 Å². The molecular formula is C18H30N2O2. The molecule has 4 heteroatoms. The lowest BCUT2D eigenvalue weighted by Gasteiger charge is -2.49. The lowest BCUT2D eigenvalue weighted by Crippen LogP contribution is -2.61. The number of rotatable bonds is 2. The molecule has 0 aromatic rings. The maximum atomic E-state index is 12.6. The van der Waals surface area contributed by atoms with Gasteiger partial charge >= 0.3 is 0 Å². The zero-order valence-electron chi connectivity index (χ0n) is 14.3. The molecular weight excluding hydrogens is 276 g/mol. The Balaban J connectivity index is 1.50. The Labute approximate surface area is 134 Å². The number of carbonyl (C=O) groups excluding carboxylic acids is 2. The average molecular weight is 306 g/mol. The van der Waals surface area contributed by atoms with Crippen LogP contribution in [0.15, 0.2) is 0 Å². The van der Waals surface area contributed by atoms with Crippen molar-refractivity contribution in [1.29, 1.82) is 0 Å². The summed E-state index contributed by atoms with van der Waals surface area (Å²) in [4.78, 5) is 28.8. The van der Waals surface area contributed by atoms with E-state index in [9.17, 15) is 9.59 Å². The first-order valence-electron chi connectivity index (χ1n) is 8.98. The second-order valence-electron chi connectivity index (χ2n) is 8.32. The Morgan fingerprint density at radius 1 is 1.00 bits per heavy atom. The molecule has 22 heavy (non-hydrogen) atoms. The maximum absolute atomic E-state index is 12.6. The summed E-state index contributed by atoms with van der Waals surface area (Å²) in [5.41, 5.74) is 0.210. The molecule has 2 heterocycles. The Hall–Kier alpha value is -1.06. The van der Waals surface area contributed by atoms with E-state index in [2.05, 4.69) is 11.8 Å². The van der Waals surface area contributed by atoms with Gasteiger partial charge < -0.3 is 9.80 Å². The second kappa shape index (κ2) is 5.86. The minimum Gasteiger partial charge on any atom is -0.342 e. The molecule has 3 fully saturated rings. The molecule has 1 saturated carbocycles. The van der Waals surface area contributed by atoms with Crippen LogP contribution in [0, 0.1) is 23.2 Å². The van der Waals surface area contributed by atoms with E-state index in [1.807, 2.05) is 18.7 Å². The Kier molecular flexibility index (Phi) is 4.21. The Morgan fingerprint density at radius 3 is 2.18 bits per heavy atom. The molecule has 0 unspecified atom stereocenters. The van der Waals surface area contributed by atoms with E-state index in [-0.39, 0.29) is 23.2 Å². The molecule has 2 saturated heterocycles. The van der Waals surface area contributed by atoms with Crippen LogP contribution in [0.5, 0.6) is 0 Å². The van der Waals surface area contributed by atoms with Gasteiger partial charge in [0.25, 0.3) is 0 Å². The first kappa shape index (κ1) is 15.8. The lowest BCUT2D eigenvalue weighted by molar-refractivity contribution is -0.149. The fourth-order valence-corrected chi connectivity index (χ4v) is 4.43. The summed E-state index contributed by atoms with van der Waals surface area (Å²) in [6.07, 6.45) is 5.61. The van der Waals surface area contributed by atoms with Gasteiger partial charge in [-0.2, -0.15) is 0 Å². The number of likely N-dealkylation sites (tertiary alicyclic amines) is 2. The van der Waals surface area contributed by atoms with Crippen LogP contribution in [-0.2, 0) is 9.59 Å². The van der Waals surface area contributed by atoms with Crippen molar-refractivity contribution in [3.05, 3.63) is 0 Å². The van der Waals surface area contributed by atoms with E-state index >= 15 is 0 Å². The molecule has 0 atom stereocenters. The van der Waals surface area contributed by atoms with Crippen LogP contribution in [0.1, 0.15) is 52.9 Å². The normalized spacial score (nSPS) is 30.7. The molecule has 0 bridgehead atoms. The standard InChI is InChI=1S/C18H30N2O2/c1-13(2)16(21)19-9-8-18(10-19)11-20(12-18)17(22)15-6-4-14(3)5-7-15/h13-15H,4-12H2,1-3H3. The fraction of sp³-hybridized carbons (Fsp3) is 0.889. The number of nitrogens with zero attached hydrogens (tertiary/aromatic N) is 2. The topological polar surface area (TPSA) is 40.6 Å². The number of carbonyl (C=O) groups is 2. The Bertz CT molecular complexity index is 446. The van der Waals surface area contributed by atoms with Gasteiger partial charge in [0.1, 0.15) is 0 Å². The molecule has 3 rings (SSSR count). The van der Waals surface area contributed by atoms with Crippen LogP contribution >= 0.6 is 0 Å². The third-order valence-corrected chi connectivity index (χ3v) is 5.97. The van der Waals surface area contributed by atoms with Gasteiger partial charge in [-0.3, -0.25) is 9.59 Å². The summed E-state index contributed by atoms with van der Waals surface area (Å²) in [6, 6.07) is 0. The van der Waals surface area contributed by atoms with Gasteiger partial charge in [0.2, 0.25) is 11.8 Å². The lowest BCUT2D eigenvalue weighted by atomic mass is 9.76. The molecule has 0 N–H and O–H groups in total. The maximum Gasteiger partial charge on any atom is 0.225 e. The van der Waals surface area contributed by atoms with E-state index in [1.165, 1.54) is 12.8 Å². The third-order valence-electron chi connectivity index (χ3n) is 5.97. The highest BCUT2D eigenvalue weighted by Gasteiger charge is 2.51. The summed E-state index contributed by atoms with van der Waals surface area (Å²) >= 11 is 0. The molecule has 0 radical (unpaired) electrons. The monoisotopic (exact) mass is 306 g/mol. The van der Waals surface area contributed by atoms with E-state index in [0.29, 0.717) is 5.91 Å². The summed E-state index contributed by atoms with van der Waals surface area (Å²) < 4.78 is 0. The second-order valence-corrected chi connectivity index (χ2v) is 8.32. The Morgan fingerprint density at radius 2 is 1.59 bits per heavy atom. The van der Waals surface area contributed by atoms with Gasteiger partial charge in [-0.15, -0.1) is 0 Å². The number of hydrogen-bond donors (Lipinski definition) is 0.